The van der Waals surface area contributed by atoms with Gasteiger partial charge in [0.1, 0.15) is 0 Å². The Balaban J connectivity index is 2.11. The zero-order valence-corrected chi connectivity index (χ0v) is 14.1. The minimum absolute atomic E-state index is 0.0214. The van der Waals surface area contributed by atoms with E-state index in [2.05, 4.69) is 5.32 Å². The Morgan fingerprint density at radius 1 is 1.39 bits per heavy atom. The van der Waals surface area contributed by atoms with Crippen LogP contribution in [0.3, 0.4) is 0 Å². The molecule has 1 aliphatic heterocycles. The van der Waals surface area contributed by atoms with Crippen LogP contribution in [0.15, 0.2) is 18.2 Å². The smallest absolute Gasteiger partial charge is 0.273 e. The number of morpholine rings is 1. The van der Waals surface area contributed by atoms with Gasteiger partial charge in [0.05, 0.1) is 17.1 Å². The minimum Gasteiger partial charge on any atom is -0.372 e. The SMILES string of the molecule is Cc1c(C(=O)NC(=S)N2CC(C)OC(C)C2)cccc1[N+](=O)[O-]. The quantitative estimate of drug-likeness (QED) is 0.505. The van der Waals surface area contributed by atoms with E-state index in [0.717, 1.165) is 0 Å². The lowest BCUT2D eigenvalue weighted by molar-refractivity contribution is -0.385. The summed E-state index contributed by atoms with van der Waals surface area (Å²) in [4.78, 5) is 24.7. The molecule has 0 spiro atoms. The van der Waals surface area contributed by atoms with Gasteiger partial charge in [-0.3, -0.25) is 20.2 Å². The molecule has 0 aromatic heterocycles. The van der Waals surface area contributed by atoms with Gasteiger partial charge in [-0.05, 0) is 39.1 Å². The number of amides is 1. The Bertz CT molecular complexity index is 640. The first kappa shape index (κ1) is 17.3. The summed E-state index contributed by atoms with van der Waals surface area (Å²) in [5.41, 5.74) is 0.481. The van der Waals surface area contributed by atoms with E-state index in [9.17, 15) is 14.9 Å². The van der Waals surface area contributed by atoms with Crippen molar-refractivity contribution in [1.82, 2.24) is 10.2 Å². The average molecular weight is 337 g/mol. The average Bonchev–Trinajstić information content (AvgIpc) is 2.45. The third-order valence-electron chi connectivity index (χ3n) is 3.67. The second kappa shape index (κ2) is 7.01. The Labute approximate surface area is 139 Å². The van der Waals surface area contributed by atoms with Crippen molar-refractivity contribution in [3.8, 4) is 0 Å². The molecule has 1 aliphatic rings. The molecule has 0 radical (unpaired) electrons. The highest BCUT2D eigenvalue weighted by molar-refractivity contribution is 7.80. The first-order valence-corrected chi connectivity index (χ1v) is 7.70. The molecule has 8 heteroatoms. The lowest BCUT2D eigenvalue weighted by Gasteiger charge is -2.36. The Kier molecular flexibility index (Phi) is 5.27. The maximum atomic E-state index is 12.4. The predicted octanol–water partition coefficient (Wildman–Crippen LogP) is 2.03. The second-order valence-corrected chi connectivity index (χ2v) is 6.02. The van der Waals surface area contributed by atoms with Gasteiger partial charge in [0.2, 0.25) is 0 Å². The van der Waals surface area contributed by atoms with Gasteiger partial charge in [-0.25, -0.2) is 0 Å². The van der Waals surface area contributed by atoms with Crippen molar-refractivity contribution in [2.24, 2.45) is 0 Å². The molecule has 23 heavy (non-hydrogen) atoms. The monoisotopic (exact) mass is 337 g/mol. The van der Waals surface area contributed by atoms with Crippen LogP contribution in [0.5, 0.6) is 0 Å². The summed E-state index contributed by atoms with van der Waals surface area (Å²) < 4.78 is 5.63. The van der Waals surface area contributed by atoms with E-state index in [-0.39, 0.29) is 23.5 Å². The van der Waals surface area contributed by atoms with Crippen LogP contribution in [0, 0.1) is 17.0 Å². The van der Waals surface area contributed by atoms with Gasteiger partial charge in [-0.1, -0.05) is 6.07 Å². The summed E-state index contributed by atoms with van der Waals surface area (Å²) in [5, 5.41) is 13.9. The van der Waals surface area contributed by atoms with Gasteiger partial charge in [-0.15, -0.1) is 0 Å². The first-order valence-electron chi connectivity index (χ1n) is 7.29. The number of carbonyl (C=O) groups is 1. The lowest BCUT2D eigenvalue weighted by Crippen LogP contribution is -2.52. The number of rotatable bonds is 2. The number of nitro benzene ring substituents is 1. The Hall–Kier alpha value is -2.06. The minimum atomic E-state index is -0.504. The number of thiocarbonyl (C=S) groups is 1. The number of nitrogens with zero attached hydrogens (tertiary/aromatic N) is 2. The molecule has 2 rings (SSSR count). The van der Waals surface area contributed by atoms with Crippen LogP contribution < -0.4 is 5.32 Å². The summed E-state index contributed by atoms with van der Waals surface area (Å²) in [6, 6.07) is 4.41. The van der Waals surface area contributed by atoms with Crippen molar-refractivity contribution in [3.05, 3.63) is 39.4 Å². The number of ether oxygens (including phenoxy) is 1. The van der Waals surface area contributed by atoms with Gasteiger partial charge < -0.3 is 9.64 Å². The predicted molar refractivity (Wildman–Crippen MR) is 89.5 cm³/mol. The number of benzene rings is 1. The zero-order valence-electron chi connectivity index (χ0n) is 13.2. The van der Waals surface area contributed by atoms with Crippen LogP contribution >= 0.6 is 12.2 Å². The number of hydrogen-bond acceptors (Lipinski definition) is 5. The molecular formula is C15H19N3O4S. The van der Waals surface area contributed by atoms with E-state index in [0.29, 0.717) is 23.8 Å². The molecule has 7 nitrogen and oxygen atoms in total. The fourth-order valence-corrected chi connectivity index (χ4v) is 2.90. The van der Waals surface area contributed by atoms with Crippen molar-refractivity contribution in [3.63, 3.8) is 0 Å². The van der Waals surface area contributed by atoms with Crippen LogP contribution in [0.2, 0.25) is 0 Å². The van der Waals surface area contributed by atoms with Crippen molar-refractivity contribution in [2.75, 3.05) is 13.1 Å². The summed E-state index contributed by atoms with van der Waals surface area (Å²) in [6.07, 6.45) is 0.0429. The highest BCUT2D eigenvalue weighted by Crippen LogP contribution is 2.21. The molecule has 0 aliphatic carbocycles. The zero-order chi connectivity index (χ0) is 17.1. The number of carbonyl (C=O) groups excluding carboxylic acids is 1. The maximum Gasteiger partial charge on any atom is 0.273 e. The van der Waals surface area contributed by atoms with Gasteiger partial charge >= 0.3 is 0 Å². The van der Waals surface area contributed by atoms with E-state index < -0.39 is 10.8 Å². The third kappa shape index (κ3) is 4.02. The highest BCUT2D eigenvalue weighted by atomic mass is 32.1. The summed E-state index contributed by atoms with van der Waals surface area (Å²) in [7, 11) is 0. The van der Waals surface area contributed by atoms with Crippen molar-refractivity contribution < 1.29 is 14.5 Å². The summed E-state index contributed by atoms with van der Waals surface area (Å²) >= 11 is 5.29. The molecule has 124 valence electrons. The molecule has 1 aromatic carbocycles. The summed E-state index contributed by atoms with van der Waals surface area (Å²) in [6.45, 7) is 6.62. The summed E-state index contributed by atoms with van der Waals surface area (Å²) in [5.74, 6) is -0.442. The fourth-order valence-electron chi connectivity index (χ4n) is 2.65. The van der Waals surface area contributed by atoms with Crippen LogP contribution in [-0.4, -0.2) is 46.1 Å². The second-order valence-electron chi connectivity index (χ2n) is 5.63. The Morgan fingerprint density at radius 2 is 2.00 bits per heavy atom. The maximum absolute atomic E-state index is 12.4. The molecule has 2 unspecified atom stereocenters. The molecule has 1 N–H and O–H groups in total. The lowest BCUT2D eigenvalue weighted by atomic mass is 10.1. The van der Waals surface area contributed by atoms with E-state index in [4.69, 9.17) is 17.0 Å². The van der Waals surface area contributed by atoms with Crippen LogP contribution in [-0.2, 0) is 4.74 Å². The molecule has 0 bridgehead atoms. The number of hydrogen-bond donors (Lipinski definition) is 1. The highest BCUT2D eigenvalue weighted by Gasteiger charge is 2.26. The Morgan fingerprint density at radius 3 is 2.57 bits per heavy atom. The largest absolute Gasteiger partial charge is 0.372 e. The molecule has 1 amide bonds. The van der Waals surface area contributed by atoms with Gasteiger partial charge in [0, 0.05) is 30.3 Å². The molecule has 0 saturated carbocycles. The van der Waals surface area contributed by atoms with E-state index in [1.807, 2.05) is 18.7 Å². The molecule has 1 heterocycles. The molecule has 1 saturated heterocycles. The van der Waals surface area contributed by atoms with Gasteiger partial charge in [0.15, 0.2) is 5.11 Å². The third-order valence-corrected chi connectivity index (χ3v) is 4.03. The van der Waals surface area contributed by atoms with Crippen LogP contribution in [0.4, 0.5) is 5.69 Å². The molecular weight excluding hydrogens is 318 g/mol. The first-order chi connectivity index (χ1) is 10.8. The van der Waals surface area contributed by atoms with E-state index in [1.165, 1.54) is 12.1 Å². The molecule has 2 atom stereocenters. The standard InChI is InChI=1S/C15H19N3O4S/c1-9-7-17(8-10(2)22-9)15(23)16-14(19)12-5-4-6-13(11(12)3)18(20)21/h4-6,9-10H,7-8H2,1-3H3,(H,16,19,23). The number of nitro groups is 1. The topological polar surface area (TPSA) is 84.7 Å². The van der Waals surface area contributed by atoms with E-state index >= 15 is 0 Å². The molecule has 1 aromatic rings. The molecule has 1 fully saturated rings. The van der Waals surface area contributed by atoms with Crippen LogP contribution in [0.1, 0.15) is 29.8 Å². The van der Waals surface area contributed by atoms with Gasteiger partial charge in [-0.2, -0.15) is 0 Å². The van der Waals surface area contributed by atoms with Crippen molar-refractivity contribution in [2.45, 2.75) is 33.0 Å². The van der Waals surface area contributed by atoms with Crippen molar-refractivity contribution >= 4 is 28.9 Å². The van der Waals surface area contributed by atoms with Crippen molar-refractivity contribution in [1.29, 1.82) is 0 Å². The number of nitrogens with one attached hydrogen (secondary N) is 1. The van der Waals surface area contributed by atoms with Gasteiger partial charge in [0.25, 0.3) is 11.6 Å². The fraction of sp³-hybridized carbons (Fsp3) is 0.467. The normalized spacial score (nSPS) is 20.9. The van der Waals surface area contributed by atoms with Crippen LogP contribution in [0.25, 0.3) is 0 Å². The van der Waals surface area contributed by atoms with E-state index in [1.54, 1.807) is 13.0 Å².